The SMILES string of the molecule is Cc1nc(NC(=O)CSc2nnnn2C2CC2)sc1Cc1ccccc1Cl. The molecule has 1 saturated carbocycles. The number of tetrazole rings is 1. The number of halogens is 1. The molecule has 3 aromatic rings. The van der Waals surface area contributed by atoms with Crippen molar-refractivity contribution in [2.24, 2.45) is 0 Å². The first-order valence-corrected chi connectivity index (χ1v) is 10.7. The Bertz CT molecular complexity index is 968. The molecule has 0 bridgehead atoms. The van der Waals surface area contributed by atoms with Crippen LogP contribution in [0.4, 0.5) is 5.13 Å². The van der Waals surface area contributed by atoms with E-state index >= 15 is 0 Å². The van der Waals surface area contributed by atoms with Gasteiger partial charge < -0.3 is 5.32 Å². The molecule has 1 aromatic carbocycles. The molecule has 1 fully saturated rings. The Morgan fingerprint density at radius 2 is 2.22 bits per heavy atom. The number of aryl methyl sites for hydroxylation is 1. The lowest BCUT2D eigenvalue weighted by Crippen LogP contribution is -2.14. The second kappa shape index (κ2) is 7.95. The predicted octanol–water partition coefficient (Wildman–Crippen LogP) is 3.75. The van der Waals surface area contributed by atoms with E-state index in [1.54, 1.807) is 4.68 Å². The average molecular weight is 421 g/mol. The second-order valence-electron chi connectivity index (χ2n) is 6.27. The van der Waals surface area contributed by atoms with E-state index in [9.17, 15) is 4.79 Å². The molecule has 1 N–H and O–H groups in total. The smallest absolute Gasteiger partial charge is 0.236 e. The Hall–Kier alpha value is -1.97. The number of carbonyl (C=O) groups excluding carboxylic acids is 1. The van der Waals surface area contributed by atoms with Crippen molar-refractivity contribution in [2.75, 3.05) is 11.1 Å². The number of rotatable bonds is 7. The average Bonchev–Trinajstić information content (AvgIpc) is 3.28. The maximum atomic E-state index is 12.3. The van der Waals surface area contributed by atoms with E-state index in [0.717, 1.165) is 34.0 Å². The lowest BCUT2D eigenvalue weighted by Gasteiger charge is -2.03. The van der Waals surface area contributed by atoms with E-state index in [1.807, 2.05) is 31.2 Å². The van der Waals surface area contributed by atoms with Crippen molar-refractivity contribution in [3.63, 3.8) is 0 Å². The molecular weight excluding hydrogens is 404 g/mol. The van der Waals surface area contributed by atoms with Gasteiger partial charge in [-0.05, 0) is 41.8 Å². The molecule has 0 radical (unpaired) electrons. The Morgan fingerprint density at radius 3 is 3.00 bits per heavy atom. The van der Waals surface area contributed by atoms with E-state index in [-0.39, 0.29) is 11.7 Å². The van der Waals surface area contributed by atoms with Crippen molar-refractivity contribution in [1.82, 2.24) is 25.2 Å². The van der Waals surface area contributed by atoms with Crippen LogP contribution < -0.4 is 5.32 Å². The normalized spacial score (nSPS) is 13.7. The van der Waals surface area contributed by atoms with Crippen LogP contribution in [0.15, 0.2) is 29.4 Å². The number of hydrogen-bond acceptors (Lipinski definition) is 7. The first kappa shape index (κ1) is 18.4. The zero-order valence-corrected chi connectivity index (χ0v) is 16.9. The number of thiazole rings is 1. The zero-order valence-electron chi connectivity index (χ0n) is 14.6. The topological polar surface area (TPSA) is 85.6 Å². The van der Waals surface area contributed by atoms with E-state index in [1.165, 1.54) is 23.1 Å². The minimum absolute atomic E-state index is 0.122. The van der Waals surface area contributed by atoms with Crippen molar-refractivity contribution in [3.05, 3.63) is 45.4 Å². The summed E-state index contributed by atoms with van der Waals surface area (Å²) in [5, 5.41) is 16.6. The summed E-state index contributed by atoms with van der Waals surface area (Å²) in [5.74, 6) is 0.120. The first-order chi connectivity index (χ1) is 13.1. The van der Waals surface area contributed by atoms with Gasteiger partial charge in [-0.25, -0.2) is 9.67 Å². The van der Waals surface area contributed by atoms with E-state index in [4.69, 9.17) is 11.6 Å². The highest BCUT2D eigenvalue weighted by Crippen LogP contribution is 2.36. The van der Waals surface area contributed by atoms with Gasteiger partial charge in [-0.15, -0.1) is 16.4 Å². The molecule has 0 unspecified atom stereocenters. The maximum Gasteiger partial charge on any atom is 0.236 e. The number of benzene rings is 1. The van der Waals surface area contributed by atoms with Gasteiger partial charge in [-0.2, -0.15) is 0 Å². The molecular formula is C17H17ClN6OS2. The van der Waals surface area contributed by atoms with Crippen LogP contribution in [0, 0.1) is 6.92 Å². The van der Waals surface area contributed by atoms with Crippen molar-refractivity contribution in [3.8, 4) is 0 Å². The van der Waals surface area contributed by atoms with Crippen molar-refractivity contribution in [2.45, 2.75) is 37.4 Å². The number of anilines is 1. The van der Waals surface area contributed by atoms with Crippen LogP contribution in [-0.2, 0) is 11.2 Å². The molecule has 1 aliphatic carbocycles. The van der Waals surface area contributed by atoms with Crippen molar-refractivity contribution in [1.29, 1.82) is 0 Å². The lowest BCUT2D eigenvalue weighted by atomic mass is 10.1. The Balaban J connectivity index is 1.36. The fraction of sp³-hybridized carbons (Fsp3) is 0.353. The molecule has 2 heterocycles. The summed E-state index contributed by atoms with van der Waals surface area (Å²) in [6.07, 6.45) is 2.89. The first-order valence-electron chi connectivity index (χ1n) is 8.50. The number of aromatic nitrogens is 5. The quantitative estimate of drug-likeness (QED) is 0.586. The largest absolute Gasteiger partial charge is 0.301 e. The van der Waals surface area contributed by atoms with E-state index < -0.39 is 0 Å². The molecule has 0 saturated heterocycles. The highest BCUT2D eigenvalue weighted by molar-refractivity contribution is 7.99. The number of hydrogen-bond donors (Lipinski definition) is 1. The van der Waals surface area contributed by atoms with Gasteiger partial charge in [-0.1, -0.05) is 41.6 Å². The maximum absolute atomic E-state index is 12.3. The summed E-state index contributed by atoms with van der Waals surface area (Å²) in [6.45, 7) is 1.94. The van der Waals surface area contributed by atoms with Gasteiger partial charge in [0.2, 0.25) is 11.1 Å². The van der Waals surface area contributed by atoms with Crippen LogP contribution in [0.3, 0.4) is 0 Å². The molecule has 7 nitrogen and oxygen atoms in total. The highest BCUT2D eigenvalue weighted by Gasteiger charge is 2.28. The van der Waals surface area contributed by atoms with E-state index in [2.05, 4.69) is 25.8 Å². The zero-order chi connectivity index (χ0) is 18.8. The molecule has 140 valence electrons. The van der Waals surface area contributed by atoms with Crippen molar-refractivity contribution < 1.29 is 4.79 Å². The third kappa shape index (κ3) is 4.48. The molecule has 1 amide bonds. The highest BCUT2D eigenvalue weighted by atomic mass is 35.5. The summed E-state index contributed by atoms with van der Waals surface area (Å²) < 4.78 is 1.80. The summed E-state index contributed by atoms with van der Waals surface area (Å²) in [7, 11) is 0. The van der Waals surface area contributed by atoms with Gasteiger partial charge >= 0.3 is 0 Å². The molecule has 10 heteroatoms. The van der Waals surface area contributed by atoms with E-state index in [0.29, 0.717) is 22.8 Å². The molecule has 1 aliphatic rings. The Kier molecular flexibility index (Phi) is 5.42. The second-order valence-corrected chi connectivity index (χ2v) is 8.70. The summed E-state index contributed by atoms with van der Waals surface area (Å²) in [5.41, 5.74) is 1.95. The van der Waals surface area contributed by atoms with Crippen LogP contribution in [-0.4, -0.2) is 36.9 Å². The standard InChI is InChI=1S/C17H17ClN6OS2/c1-10-14(8-11-4-2-3-5-13(11)18)27-16(19-10)20-15(25)9-26-17-21-22-23-24(17)12-6-7-12/h2-5,12H,6-9H2,1H3,(H,19,20,25). The summed E-state index contributed by atoms with van der Waals surface area (Å²) >= 11 is 9.06. The third-order valence-corrected chi connectivity index (χ3v) is 6.51. The van der Waals surface area contributed by atoms with Crippen LogP contribution in [0.2, 0.25) is 5.02 Å². The monoisotopic (exact) mass is 420 g/mol. The number of nitrogens with zero attached hydrogens (tertiary/aromatic N) is 5. The van der Waals surface area contributed by atoms with Gasteiger partial charge in [0, 0.05) is 16.3 Å². The molecule has 2 aromatic heterocycles. The Morgan fingerprint density at radius 1 is 1.41 bits per heavy atom. The van der Waals surface area contributed by atoms with Crippen LogP contribution in [0.5, 0.6) is 0 Å². The van der Waals surface area contributed by atoms with Gasteiger partial charge in [0.25, 0.3) is 0 Å². The van der Waals surface area contributed by atoms with Crippen molar-refractivity contribution >= 4 is 45.7 Å². The number of carbonyl (C=O) groups is 1. The lowest BCUT2D eigenvalue weighted by molar-refractivity contribution is -0.113. The number of thioether (sulfide) groups is 1. The van der Waals surface area contributed by atoms with Gasteiger partial charge in [0.15, 0.2) is 5.13 Å². The summed E-state index contributed by atoms with van der Waals surface area (Å²) in [6, 6.07) is 8.14. The fourth-order valence-corrected chi connectivity index (χ4v) is 4.52. The molecule has 27 heavy (non-hydrogen) atoms. The van der Waals surface area contributed by atoms with Gasteiger partial charge in [-0.3, -0.25) is 4.79 Å². The Labute approximate surface area is 169 Å². The molecule has 4 rings (SSSR count). The minimum Gasteiger partial charge on any atom is -0.301 e. The number of nitrogens with one attached hydrogen (secondary N) is 1. The molecule has 0 spiro atoms. The minimum atomic E-state index is -0.122. The van der Waals surface area contributed by atoms with Crippen LogP contribution in [0.25, 0.3) is 0 Å². The molecule has 0 aliphatic heterocycles. The number of amides is 1. The van der Waals surface area contributed by atoms with Gasteiger partial charge in [0.1, 0.15) is 0 Å². The predicted molar refractivity (Wildman–Crippen MR) is 107 cm³/mol. The molecule has 0 atom stereocenters. The van der Waals surface area contributed by atoms with Crippen LogP contribution >= 0.6 is 34.7 Å². The van der Waals surface area contributed by atoms with Crippen LogP contribution in [0.1, 0.15) is 35.0 Å². The van der Waals surface area contributed by atoms with Gasteiger partial charge in [0.05, 0.1) is 17.5 Å². The third-order valence-electron chi connectivity index (χ3n) is 4.14. The summed E-state index contributed by atoms with van der Waals surface area (Å²) in [4.78, 5) is 17.8. The fourth-order valence-electron chi connectivity index (χ4n) is 2.57.